The second-order valence-electron chi connectivity index (χ2n) is 19.9. The number of amides is 1. The molecule has 2 aliphatic heterocycles. The number of isocyanates is 4. The van der Waals surface area contributed by atoms with Crippen LogP contribution in [-0.4, -0.2) is 146 Å². The van der Waals surface area contributed by atoms with Crippen molar-refractivity contribution in [1.29, 1.82) is 5.26 Å². The number of nitrogens with one attached hydrogen (secondary N) is 1. The number of ether oxygens (including phenoxy) is 5. The average molecular weight is 1230 g/mol. The summed E-state index contributed by atoms with van der Waals surface area (Å²) in [5.41, 5.74) is -3.65. The van der Waals surface area contributed by atoms with Crippen molar-refractivity contribution in [3.63, 3.8) is 0 Å². The summed E-state index contributed by atoms with van der Waals surface area (Å²) in [5.74, 6) is -1.60. The maximum absolute atomic E-state index is 13.2. The fraction of sp³-hybridized carbons (Fsp3) is 0.727. The van der Waals surface area contributed by atoms with Crippen molar-refractivity contribution in [2.24, 2.45) is 20.0 Å². The number of hydrogen-bond donors (Lipinski definition) is 2. The van der Waals surface area contributed by atoms with Gasteiger partial charge in [0.15, 0.2) is 0 Å². The molecule has 2 aromatic heterocycles. The normalized spacial score (nSPS) is 13.6. The molecule has 2 fully saturated rings. The van der Waals surface area contributed by atoms with Crippen LogP contribution in [0.2, 0.25) is 0 Å². The van der Waals surface area contributed by atoms with Gasteiger partial charge in [0.25, 0.3) is 12.2 Å². The predicted octanol–water partition coefficient (Wildman–Crippen LogP) is 2.80. The Morgan fingerprint density at radius 1 is 0.437 bits per heavy atom. The first-order valence-electron chi connectivity index (χ1n) is 29.4. The molecule has 32 nitrogen and oxygen atoms in total. The summed E-state index contributed by atoms with van der Waals surface area (Å²) in [6, 6.07) is 0. The number of hydrogen-bond acceptors (Lipinski definition) is 24. The first kappa shape index (κ1) is 74.2. The summed E-state index contributed by atoms with van der Waals surface area (Å²) in [6.07, 6.45) is 20.6. The standard InChI is InChI=1S/C27H40N6O9.C24H36N6O6.C4H4O5/c34-20-28-13-7-1-4-10-16-31-24(37)32(17-11-5-2-8-14-29-21-35)26(39)33(25(31)38)18-12-6-3-9-15-30-23(36)22-19-41-27(40)42-22;25-19-36-18-12-6-5-11-17-30-23(34)28(15-9-3-1-7-13-26-20-31)22(33)29(24(30)35)16-10-4-2-8-14-27-21-32;5-3(6)2-1-8-4(7)9-2/h22H,1-19H2,(H,30,36);1-18H2;2H,1H2,(H,5,6). The summed E-state index contributed by atoms with van der Waals surface area (Å²) in [5, 5.41) is 19.3. The van der Waals surface area contributed by atoms with Gasteiger partial charge in [-0.3, -0.25) is 4.79 Å². The molecule has 2 aliphatic rings. The largest absolute Gasteiger partial charge is 0.509 e. The fourth-order valence-electron chi connectivity index (χ4n) is 8.78. The molecular weight excluding hydrogens is 1150 g/mol. The number of nitrogens with zero attached hydrogens (tertiary/aromatic N) is 11. The fourth-order valence-corrected chi connectivity index (χ4v) is 8.78. The molecule has 2 saturated heterocycles. The van der Waals surface area contributed by atoms with E-state index < -0.39 is 70.5 Å². The minimum Gasteiger partial charge on any atom is -0.478 e. The van der Waals surface area contributed by atoms with Crippen LogP contribution in [0.3, 0.4) is 0 Å². The number of aromatic nitrogens is 6. The number of rotatable bonds is 44. The summed E-state index contributed by atoms with van der Waals surface area (Å²) in [4.78, 5) is 176. The lowest BCUT2D eigenvalue weighted by Crippen LogP contribution is -2.54. The Labute approximate surface area is 499 Å². The Balaban J connectivity index is 0.000000521. The number of cyclic esters (lactones) is 4. The lowest BCUT2D eigenvalue weighted by atomic mass is 10.2. The molecule has 4 rings (SSSR count). The first-order chi connectivity index (χ1) is 42.2. The van der Waals surface area contributed by atoms with Crippen molar-refractivity contribution in [2.45, 2.75) is 206 Å². The number of carbonyl (C=O) groups is 4. The maximum atomic E-state index is 13.2. The van der Waals surface area contributed by atoms with Crippen molar-refractivity contribution in [1.82, 2.24) is 32.7 Å². The molecule has 0 aromatic carbocycles. The third-order valence-electron chi connectivity index (χ3n) is 13.4. The molecule has 4 heterocycles. The highest BCUT2D eigenvalue weighted by Gasteiger charge is 2.32. The molecule has 2 N–H and O–H groups in total. The molecule has 32 heteroatoms. The molecule has 1 amide bonds. The Morgan fingerprint density at radius 2 is 0.713 bits per heavy atom. The third kappa shape index (κ3) is 30.2. The Kier molecular flexibility index (Phi) is 39.6. The maximum Gasteiger partial charge on any atom is 0.509 e. The number of carboxylic acids is 1. The topological polar surface area (TPSA) is 420 Å². The second kappa shape index (κ2) is 46.4. The van der Waals surface area contributed by atoms with Gasteiger partial charge in [-0.25, -0.2) is 110 Å². The molecule has 0 radical (unpaired) electrons. The minimum atomic E-state index is -1.18. The van der Waals surface area contributed by atoms with Gasteiger partial charge in [0, 0.05) is 45.8 Å². The van der Waals surface area contributed by atoms with E-state index in [1.165, 1.54) is 24.3 Å². The van der Waals surface area contributed by atoms with Crippen LogP contribution in [0.15, 0.2) is 48.7 Å². The van der Waals surface area contributed by atoms with E-state index in [-0.39, 0.29) is 52.5 Å². The van der Waals surface area contributed by atoms with Gasteiger partial charge >= 0.3 is 52.4 Å². The van der Waals surface area contributed by atoms with Gasteiger partial charge in [0.1, 0.15) is 19.8 Å². The highest BCUT2D eigenvalue weighted by atomic mass is 16.8. The zero-order valence-electron chi connectivity index (χ0n) is 49.1. The van der Waals surface area contributed by atoms with Gasteiger partial charge in [0.05, 0.1) is 26.2 Å². The van der Waals surface area contributed by atoms with E-state index in [1.807, 2.05) is 0 Å². The Bertz CT molecular complexity index is 2940. The smallest absolute Gasteiger partial charge is 0.478 e. The minimum absolute atomic E-state index is 0.105. The van der Waals surface area contributed by atoms with Crippen LogP contribution >= 0.6 is 0 Å². The van der Waals surface area contributed by atoms with Crippen LogP contribution < -0.4 is 39.5 Å². The lowest BCUT2D eigenvalue weighted by molar-refractivity contribution is -0.144. The highest BCUT2D eigenvalue weighted by Crippen LogP contribution is 2.09. The van der Waals surface area contributed by atoms with Crippen LogP contribution in [-0.2, 0) is 91.7 Å². The Morgan fingerprint density at radius 3 is 0.966 bits per heavy atom. The molecule has 2 atom stereocenters. The number of nitriles is 1. The lowest BCUT2D eigenvalue weighted by Gasteiger charge is -2.14. The van der Waals surface area contributed by atoms with Crippen LogP contribution in [0.5, 0.6) is 0 Å². The molecule has 87 heavy (non-hydrogen) atoms. The monoisotopic (exact) mass is 1230 g/mol. The van der Waals surface area contributed by atoms with E-state index >= 15 is 0 Å². The SMILES string of the molecule is N#COCCCCCCn1c(=O)n(CCCCCCN=C=O)c(=O)n(CCCCCCN=C=O)c1=O.O=C1OCC(C(=O)O)O1.O=C=NCCCCCCn1c(=O)n(CCCCCCN=C=O)c(=O)n(CCCCCCNC(=O)C2COC(=O)O2)c1=O. The number of carboxylic acid groups (broad SMARTS) is 1. The summed E-state index contributed by atoms with van der Waals surface area (Å²) in [6.45, 7) is 3.19. The summed E-state index contributed by atoms with van der Waals surface area (Å²) < 4.78 is 29.1. The predicted molar refractivity (Wildman–Crippen MR) is 306 cm³/mol. The highest BCUT2D eigenvalue weighted by molar-refractivity contribution is 5.84. The van der Waals surface area contributed by atoms with Crippen molar-refractivity contribution in [3.8, 4) is 6.26 Å². The molecule has 0 aliphatic carbocycles. The molecule has 2 unspecified atom stereocenters. The van der Waals surface area contributed by atoms with E-state index in [2.05, 4.69) is 44.2 Å². The zero-order valence-corrected chi connectivity index (χ0v) is 49.1. The average Bonchev–Trinajstić information content (AvgIpc) is 4.26. The van der Waals surface area contributed by atoms with Crippen molar-refractivity contribution in [2.75, 3.05) is 52.5 Å². The first-order valence-corrected chi connectivity index (χ1v) is 29.4. The molecule has 480 valence electrons. The molecule has 2 aromatic rings. The van der Waals surface area contributed by atoms with Gasteiger partial charge in [-0.15, -0.1) is 0 Å². The second-order valence-corrected chi connectivity index (χ2v) is 19.9. The van der Waals surface area contributed by atoms with Gasteiger partial charge < -0.3 is 34.1 Å². The van der Waals surface area contributed by atoms with Crippen molar-refractivity contribution >= 4 is 48.5 Å². The van der Waals surface area contributed by atoms with E-state index in [9.17, 15) is 67.1 Å². The van der Waals surface area contributed by atoms with E-state index in [0.29, 0.717) is 110 Å². The van der Waals surface area contributed by atoms with E-state index in [1.54, 1.807) is 6.26 Å². The summed E-state index contributed by atoms with van der Waals surface area (Å²) >= 11 is 0. The summed E-state index contributed by atoms with van der Waals surface area (Å²) in [7, 11) is 0. The van der Waals surface area contributed by atoms with Crippen LogP contribution in [0.25, 0.3) is 0 Å². The van der Waals surface area contributed by atoms with Crippen LogP contribution in [0.1, 0.15) is 154 Å². The van der Waals surface area contributed by atoms with Crippen molar-refractivity contribution < 1.29 is 67.1 Å². The zero-order chi connectivity index (χ0) is 63.9. The quantitative estimate of drug-likeness (QED) is 0.0317. The molecule has 0 saturated carbocycles. The van der Waals surface area contributed by atoms with Crippen LogP contribution in [0, 0.1) is 11.5 Å². The van der Waals surface area contributed by atoms with Gasteiger partial charge in [-0.2, -0.15) is 5.26 Å². The Hall–Kier alpha value is -8.89. The van der Waals surface area contributed by atoms with E-state index in [0.717, 1.165) is 111 Å². The number of unbranched alkanes of at least 4 members (excludes halogenated alkanes) is 18. The van der Waals surface area contributed by atoms with E-state index in [4.69, 9.17) is 15.1 Å². The van der Waals surface area contributed by atoms with Crippen molar-refractivity contribution in [3.05, 3.63) is 62.9 Å². The number of aliphatic carboxylic acids is 1. The third-order valence-corrected chi connectivity index (χ3v) is 13.4. The molecular formula is C55H80N12O20. The van der Waals surface area contributed by atoms with Crippen LogP contribution in [0.4, 0.5) is 9.59 Å². The molecule has 0 bridgehead atoms. The number of carbonyl (C=O) groups excluding carboxylic acids is 7. The van der Waals surface area contributed by atoms with Gasteiger partial charge in [-0.05, 0) is 83.5 Å². The van der Waals surface area contributed by atoms with Gasteiger partial charge in [-0.1, -0.05) is 70.6 Å². The van der Waals surface area contributed by atoms with Gasteiger partial charge in [0.2, 0.25) is 36.5 Å². The molecule has 0 spiro atoms. The number of aliphatic imine (C=N–C) groups is 4.